The van der Waals surface area contributed by atoms with Crippen LogP contribution in [-0.4, -0.2) is 65.0 Å². The van der Waals surface area contributed by atoms with Gasteiger partial charge >= 0.3 is 7.82 Å². The van der Waals surface area contributed by atoms with E-state index in [9.17, 15) is 4.57 Å². The Morgan fingerprint density at radius 1 is 0.889 bits per heavy atom. The molecule has 5 N–H and O–H groups in total. The first-order valence-electron chi connectivity index (χ1n) is 5.42. The van der Waals surface area contributed by atoms with Crippen LogP contribution in [0.1, 0.15) is 13.8 Å². The zero-order valence-corrected chi connectivity index (χ0v) is 11.5. The third-order valence-electron chi connectivity index (χ3n) is 1.93. The van der Waals surface area contributed by atoms with Gasteiger partial charge in [-0.3, -0.25) is 9.05 Å². The Kier molecular flexibility index (Phi) is 12.2. The molecule has 0 aromatic heterocycles. The van der Waals surface area contributed by atoms with Gasteiger partial charge in [0, 0.05) is 0 Å². The molecule has 0 rings (SSSR count). The van der Waals surface area contributed by atoms with Crippen molar-refractivity contribution in [1.29, 1.82) is 0 Å². The fourth-order valence-electron chi connectivity index (χ4n) is 0.664. The van der Waals surface area contributed by atoms with Gasteiger partial charge in [0.05, 0.1) is 45.1 Å². The average Bonchev–Trinajstić information content (AvgIpc) is 2.33. The number of aliphatic hydroxyl groups is 4. The molecule has 0 aliphatic rings. The van der Waals surface area contributed by atoms with Gasteiger partial charge in [0.15, 0.2) is 0 Å². The van der Waals surface area contributed by atoms with E-state index in [0.29, 0.717) is 0 Å². The van der Waals surface area contributed by atoms with Crippen LogP contribution in [0.15, 0.2) is 0 Å². The maximum atomic E-state index is 10.5. The molecule has 0 fully saturated rings. The van der Waals surface area contributed by atoms with Gasteiger partial charge in [0.1, 0.15) is 0 Å². The number of rotatable bonds is 8. The number of hydrogen-bond acceptors (Lipinski definition) is 7. The molecule has 8 nitrogen and oxygen atoms in total. The van der Waals surface area contributed by atoms with Crippen molar-refractivity contribution in [2.24, 2.45) is 5.41 Å². The van der Waals surface area contributed by atoms with Gasteiger partial charge in [0.2, 0.25) is 0 Å². The van der Waals surface area contributed by atoms with Crippen molar-refractivity contribution < 1.29 is 38.9 Å². The van der Waals surface area contributed by atoms with E-state index in [1.165, 1.54) is 0 Å². The highest BCUT2D eigenvalue weighted by Crippen LogP contribution is 2.42. The molecule has 0 atom stereocenters. The summed E-state index contributed by atoms with van der Waals surface area (Å²) in [5, 5.41) is 34.0. The first-order chi connectivity index (χ1) is 8.36. The molecule has 0 aliphatic carbocycles. The van der Waals surface area contributed by atoms with E-state index >= 15 is 0 Å². The first-order valence-corrected chi connectivity index (χ1v) is 6.91. The predicted octanol–water partition coefficient (Wildman–Crippen LogP) is -0.898. The molecule has 0 aliphatic heterocycles. The van der Waals surface area contributed by atoms with Crippen molar-refractivity contribution in [3.05, 3.63) is 0 Å². The minimum Gasteiger partial charge on any atom is -0.396 e. The topological polar surface area (TPSA) is 137 Å². The van der Waals surface area contributed by atoms with Crippen LogP contribution in [0, 0.1) is 5.41 Å². The van der Waals surface area contributed by atoms with Crippen LogP contribution in [0.4, 0.5) is 0 Å². The second-order valence-electron chi connectivity index (χ2n) is 3.44. The van der Waals surface area contributed by atoms with Gasteiger partial charge < -0.3 is 25.3 Å². The van der Waals surface area contributed by atoms with Crippen LogP contribution in [0.3, 0.4) is 0 Å². The zero-order valence-electron chi connectivity index (χ0n) is 10.7. The lowest BCUT2D eigenvalue weighted by Gasteiger charge is -2.23. The summed E-state index contributed by atoms with van der Waals surface area (Å²) in [6, 6.07) is 0. The molecule has 0 heterocycles. The largest absolute Gasteiger partial charge is 0.472 e. The summed E-state index contributed by atoms with van der Waals surface area (Å²) in [5.41, 5.74) is -1.11. The third-order valence-corrected chi connectivity index (χ3v) is 3.10. The van der Waals surface area contributed by atoms with E-state index in [0.717, 1.165) is 0 Å². The summed E-state index contributed by atoms with van der Waals surface area (Å²) < 4.78 is 19.2. The van der Waals surface area contributed by atoms with E-state index < -0.39 is 39.7 Å². The van der Waals surface area contributed by atoms with Crippen molar-refractivity contribution in [3.8, 4) is 0 Å². The van der Waals surface area contributed by atoms with Crippen LogP contribution in [0.25, 0.3) is 0 Å². The van der Waals surface area contributed by atoms with Crippen molar-refractivity contribution in [2.75, 3.05) is 39.6 Å². The molecule has 112 valence electrons. The summed E-state index contributed by atoms with van der Waals surface area (Å²) in [6.07, 6.45) is 0. The lowest BCUT2D eigenvalue weighted by molar-refractivity contribution is -0.0328. The molecule has 0 bridgehead atoms. The van der Waals surface area contributed by atoms with Gasteiger partial charge in [-0.1, -0.05) is 0 Å². The van der Waals surface area contributed by atoms with Crippen molar-refractivity contribution in [1.82, 2.24) is 0 Å². The Morgan fingerprint density at radius 3 is 1.28 bits per heavy atom. The Bertz CT molecular complexity index is 203. The average molecular weight is 290 g/mol. The highest BCUT2D eigenvalue weighted by atomic mass is 31.2. The summed E-state index contributed by atoms with van der Waals surface area (Å²) in [7, 11) is -3.69. The molecule has 18 heavy (non-hydrogen) atoms. The normalized spacial score (nSPS) is 11.9. The van der Waals surface area contributed by atoms with Crippen LogP contribution >= 0.6 is 7.82 Å². The second-order valence-corrected chi connectivity index (χ2v) is 4.89. The van der Waals surface area contributed by atoms with E-state index in [1.54, 1.807) is 13.8 Å². The Hall–Kier alpha value is -0.0500. The fourth-order valence-corrected chi connectivity index (χ4v) is 1.39. The van der Waals surface area contributed by atoms with Crippen LogP contribution in [-0.2, 0) is 13.6 Å². The predicted molar refractivity (Wildman–Crippen MR) is 63.9 cm³/mol. The van der Waals surface area contributed by atoms with Gasteiger partial charge in [-0.2, -0.15) is 0 Å². The molecular formula is C9H23O8P. The molecule has 0 aromatic rings. The molecule has 0 spiro atoms. The summed E-state index contributed by atoms with van der Waals surface area (Å²) >= 11 is 0. The van der Waals surface area contributed by atoms with Crippen LogP contribution in [0.2, 0.25) is 0 Å². The van der Waals surface area contributed by atoms with Crippen molar-refractivity contribution in [2.45, 2.75) is 13.8 Å². The third kappa shape index (κ3) is 8.96. The quantitative estimate of drug-likeness (QED) is 0.363. The number of aliphatic hydroxyl groups excluding tert-OH is 4. The SMILES string of the molecule is CCOP(=O)(O)OCC.OCC(CO)(CO)CO. The molecule has 9 heteroatoms. The van der Waals surface area contributed by atoms with E-state index in [2.05, 4.69) is 9.05 Å². The van der Waals surface area contributed by atoms with Gasteiger partial charge in [-0.15, -0.1) is 0 Å². The molecule has 0 saturated heterocycles. The van der Waals surface area contributed by atoms with E-state index in [1.807, 2.05) is 0 Å². The lowest BCUT2D eigenvalue weighted by atomic mass is 9.93. The summed E-state index contributed by atoms with van der Waals surface area (Å²) in [6.45, 7) is 2.01. The minimum absolute atomic E-state index is 0.188. The Labute approximate surface area is 106 Å². The maximum Gasteiger partial charge on any atom is 0.472 e. The smallest absolute Gasteiger partial charge is 0.396 e. The summed E-state index contributed by atoms with van der Waals surface area (Å²) in [4.78, 5) is 8.63. The van der Waals surface area contributed by atoms with E-state index in [-0.39, 0.29) is 13.2 Å². The fraction of sp³-hybridized carbons (Fsp3) is 1.00. The Balaban J connectivity index is 0. The summed E-state index contributed by atoms with van der Waals surface area (Å²) in [5.74, 6) is 0. The standard InChI is InChI=1S/C5H12O4.C4H11O4P/c6-1-5(2-7,3-8)4-9;1-3-7-9(5,6)8-4-2/h6-9H,1-4H2;3-4H2,1-2H3,(H,5,6). The molecule has 0 amide bonds. The van der Waals surface area contributed by atoms with Crippen molar-refractivity contribution >= 4 is 7.82 Å². The molecule has 0 saturated carbocycles. The Morgan fingerprint density at radius 2 is 1.17 bits per heavy atom. The molecular weight excluding hydrogens is 267 g/mol. The zero-order chi connectivity index (χ0) is 14.7. The van der Waals surface area contributed by atoms with Gasteiger partial charge in [0.25, 0.3) is 0 Å². The number of phosphoric acid groups is 1. The van der Waals surface area contributed by atoms with E-state index in [4.69, 9.17) is 25.3 Å². The van der Waals surface area contributed by atoms with Crippen LogP contribution < -0.4 is 0 Å². The monoisotopic (exact) mass is 290 g/mol. The van der Waals surface area contributed by atoms with Crippen LogP contribution in [0.5, 0.6) is 0 Å². The second kappa shape index (κ2) is 10.8. The van der Waals surface area contributed by atoms with Gasteiger partial charge in [-0.25, -0.2) is 4.57 Å². The molecule has 0 unspecified atom stereocenters. The lowest BCUT2D eigenvalue weighted by Crippen LogP contribution is -2.37. The highest BCUT2D eigenvalue weighted by Gasteiger charge is 2.26. The maximum absolute atomic E-state index is 10.5. The molecule has 0 aromatic carbocycles. The first kappa shape index (κ1) is 20.3. The van der Waals surface area contributed by atoms with Crippen molar-refractivity contribution in [3.63, 3.8) is 0 Å². The molecule has 0 radical (unpaired) electrons. The number of hydrogen-bond donors (Lipinski definition) is 5. The highest BCUT2D eigenvalue weighted by molar-refractivity contribution is 7.47. The van der Waals surface area contributed by atoms with Gasteiger partial charge in [-0.05, 0) is 13.8 Å². The number of phosphoric ester groups is 1. The minimum atomic E-state index is -3.69.